The number of methoxy groups -OCH3 is 1. The first-order valence-corrected chi connectivity index (χ1v) is 9.94. The van der Waals surface area contributed by atoms with Crippen molar-refractivity contribution in [2.24, 2.45) is 0 Å². The summed E-state index contributed by atoms with van der Waals surface area (Å²) in [5.74, 6) is -0.126. The Bertz CT molecular complexity index is 923. The van der Waals surface area contributed by atoms with E-state index in [1.165, 1.54) is 19.2 Å². The Balaban J connectivity index is 2.03. The second kappa shape index (κ2) is 7.94. The molecule has 142 valence electrons. The smallest absolute Gasteiger partial charge is 0.324 e. The molecule has 0 fully saturated rings. The van der Waals surface area contributed by atoms with Crippen molar-refractivity contribution in [3.63, 3.8) is 0 Å². The van der Waals surface area contributed by atoms with E-state index in [4.69, 9.17) is 9.47 Å². The van der Waals surface area contributed by atoms with Gasteiger partial charge >= 0.3 is 5.97 Å². The van der Waals surface area contributed by atoms with Crippen molar-refractivity contribution in [1.29, 1.82) is 0 Å². The first-order valence-electron chi connectivity index (χ1n) is 8.50. The van der Waals surface area contributed by atoms with Gasteiger partial charge in [-0.05, 0) is 43.7 Å². The summed E-state index contributed by atoms with van der Waals surface area (Å²) in [5, 5.41) is 0. The predicted octanol–water partition coefficient (Wildman–Crippen LogP) is 2.89. The minimum atomic E-state index is -4.00. The molecule has 0 aliphatic carbocycles. The van der Waals surface area contributed by atoms with Crippen molar-refractivity contribution in [3.8, 4) is 5.75 Å². The Hall–Kier alpha value is -2.64. The van der Waals surface area contributed by atoms with Crippen molar-refractivity contribution < 1.29 is 22.7 Å². The number of para-hydroxylation sites is 1. The van der Waals surface area contributed by atoms with Gasteiger partial charge in [0, 0.05) is 0 Å². The average molecular weight is 387 g/mol. The first-order chi connectivity index (χ1) is 12.9. The molecular weight excluding hydrogens is 366 g/mol. The van der Waals surface area contributed by atoms with Crippen LogP contribution in [0.3, 0.4) is 0 Å². The lowest BCUT2D eigenvalue weighted by Crippen LogP contribution is -2.53. The summed E-state index contributed by atoms with van der Waals surface area (Å²) in [5.41, 5.74) is 0.939. The van der Waals surface area contributed by atoms with Gasteiger partial charge in [0.25, 0.3) is 0 Å². The zero-order valence-electron chi connectivity index (χ0n) is 15.1. The van der Waals surface area contributed by atoms with E-state index >= 15 is 0 Å². The van der Waals surface area contributed by atoms with E-state index in [0.29, 0.717) is 5.75 Å². The fourth-order valence-electron chi connectivity index (χ4n) is 2.89. The van der Waals surface area contributed by atoms with Crippen LogP contribution in [0.25, 0.3) is 0 Å². The quantitative estimate of drug-likeness (QED) is 0.583. The maximum absolute atomic E-state index is 13.3. The number of nitrogens with zero attached hydrogens (tertiary/aromatic N) is 1. The lowest BCUT2D eigenvalue weighted by Gasteiger charge is -2.36. The van der Waals surface area contributed by atoms with Crippen molar-refractivity contribution in [1.82, 2.24) is 4.31 Å². The van der Waals surface area contributed by atoms with Crippen LogP contribution in [0, 0.1) is 6.92 Å². The highest BCUT2D eigenvalue weighted by atomic mass is 32.2. The molecule has 1 unspecified atom stereocenters. The molecule has 0 aromatic heterocycles. The summed E-state index contributed by atoms with van der Waals surface area (Å²) in [6.07, 6.45) is 2.62. The van der Waals surface area contributed by atoms with E-state index in [2.05, 4.69) is 0 Å². The van der Waals surface area contributed by atoms with Gasteiger partial charge in [-0.15, -0.1) is 4.31 Å². The van der Waals surface area contributed by atoms with Crippen LogP contribution in [0.5, 0.6) is 5.75 Å². The minimum Gasteiger partial charge on any atom is -0.471 e. The lowest BCUT2D eigenvalue weighted by molar-refractivity contribution is -0.147. The molecule has 1 heterocycles. The maximum atomic E-state index is 13.3. The van der Waals surface area contributed by atoms with Gasteiger partial charge in [0.1, 0.15) is 11.8 Å². The molecule has 0 amide bonds. The van der Waals surface area contributed by atoms with E-state index in [1.54, 1.807) is 48.6 Å². The number of esters is 1. The number of carbonyl (C=O) groups is 1. The number of ether oxygens (including phenoxy) is 2. The molecule has 2 aromatic rings. The summed E-state index contributed by atoms with van der Waals surface area (Å²) < 4.78 is 38.5. The number of sulfonamides is 1. The molecule has 1 aliphatic heterocycles. The largest absolute Gasteiger partial charge is 0.471 e. The van der Waals surface area contributed by atoms with E-state index < -0.39 is 28.3 Å². The van der Waals surface area contributed by atoms with Crippen LogP contribution >= 0.6 is 0 Å². The second-order valence-electron chi connectivity index (χ2n) is 6.17. The number of aryl methyl sites for hydroxylation is 1. The van der Waals surface area contributed by atoms with Crippen molar-refractivity contribution in [3.05, 3.63) is 72.3 Å². The summed E-state index contributed by atoms with van der Waals surface area (Å²) in [7, 11) is -2.76. The molecule has 0 bridgehead atoms. The highest BCUT2D eigenvalue weighted by molar-refractivity contribution is 7.89. The van der Waals surface area contributed by atoms with E-state index in [0.717, 1.165) is 9.87 Å². The zero-order valence-corrected chi connectivity index (χ0v) is 15.9. The average Bonchev–Trinajstić information content (AvgIpc) is 2.68. The van der Waals surface area contributed by atoms with Gasteiger partial charge < -0.3 is 9.47 Å². The number of carbonyl (C=O) groups excluding carboxylic acids is 1. The predicted molar refractivity (Wildman–Crippen MR) is 101 cm³/mol. The minimum absolute atomic E-state index is 0.0963. The summed E-state index contributed by atoms with van der Waals surface area (Å²) >= 11 is 0. The Kier molecular flexibility index (Phi) is 5.62. The summed E-state index contributed by atoms with van der Waals surface area (Å²) in [6, 6.07) is 14.4. The van der Waals surface area contributed by atoms with Gasteiger partial charge in [0.2, 0.25) is 10.0 Å². The third-order valence-corrected chi connectivity index (χ3v) is 6.17. The molecule has 2 atom stereocenters. The number of hydrogen-bond donors (Lipinski definition) is 0. The molecule has 0 radical (unpaired) electrons. The molecule has 6 nitrogen and oxygen atoms in total. The molecule has 27 heavy (non-hydrogen) atoms. The SMILES string of the molecule is COC(=O)[C@@H]1CC=CC(Oc2ccccc2)N1S(=O)(=O)c1ccc(C)cc1. The van der Waals surface area contributed by atoms with Crippen LogP contribution in [-0.4, -0.2) is 38.1 Å². The van der Waals surface area contributed by atoms with Gasteiger partial charge in [-0.2, -0.15) is 0 Å². The van der Waals surface area contributed by atoms with Gasteiger partial charge in [-0.1, -0.05) is 42.0 Å². The topological polar surface area (TPSA) is 72.9 Å². The molecule has 0 N–H and O–H groups in total. The Labute approximate surface area is 159 Å². The van der Waals surface area contributed by atoms with Crippen molar-refractivity contribution >= 4 is 16.0 Å². The fourth-order valence-corrected chi connectivity index (χ4v) is 4.51. The van der Waals surface area contributed by atoms with E-state index in [9.17, 15) is 13.2 Å². The number of hydrogen-bond acceptors (Lipinski definition) is 5. The molecule has 1 aliphatic rings. The summed E-state index contributed by atoms with van der Waals surface area (Å²) in [4.78, 5) is 12.4. The Morgan fingerprint density at radius 3 is 2.37 bits per heavy atom. The monoisotopic (exact) mass is 387 g/mol. The molecule has 0 saturated heterocycles. The molecule has 0 saturated carbocycles. The van der Waals surface area contributed by atoms with Crippen molar-refractivity contribution in [2.45, 2.75) is 30.5 Å². The molecule has 0 spiro atoms. The van der Waals surface area contributed by atoms with Gasteiger partial charge in [-0.25, -0.2) is 8.42 Å². The van der Waals surface area contributed by atoms with Gasteiger partial charge in [0.05, 0.1) is 12.0 Å². The molecule has 2 aromatic carbocycles. The fraction of sp³-hybridized carbons (Fsp3) is 0.250. The van der Waals surface area contributed by atoms with Gasteiger partial charge in [0.15, 0.2) is 6.23 Å². The highest BCUT2D eigenvalue weighted by Gasteiger charge is 2.43. The van der Waals surface area contributed by atoms with E-state index in [-0.39, 0.29) is 11.3 Å². The van der Waals surface area contributed by atoms with Crippen LogP contribution in [0.4, 0.5) is 0 Å². The normalized spacial score (nSPS) is 20.2. The number of benzene rings is 2. The van der Waals surface area contributed by atoms with Gasteiger partial charge in [-0.3, -0.25) is 4.79 Å². The Morgan fingerprint density at radius 1 is 1.07 bits per heavy atom. The zero-order chi connectivity index (χ0) is 19.4. The second-order valence-corrected chi connectivity index (χ2v) is 8.02. The van der Waals surface area contributed by atoms with Crippen LogP contribution in [-0.2, 0) is 19.6 Å². The molecule has 3 rings (SSSR count). The Morgan fingerprint density at radius 2 is 1.74 bits per heavy atom. The van der Waals surface area contributed by atoms with Crippen LogP contribution in [0.15, 0.2) is 71.6 Å². The van der Waals surface area contributed by atoms with E-state index in [1.807, 2.05) is 13.0 Å². The summed E-state index contributed by atoms with van der Waals surface area (Å²) in [6.45, 7) is 1.87. The van der Waals surface area contributed by atoms with Crippen LogP contribution < -0.4 is 4.74 Å². The third kappa shape index (κ3) is 4.04. The lowest BCUT2D eigenvalue weighted by atomic mass is 10.1. The van der Waals surface area contributed by atoms with Crippen molar-refractivity contribution in [2.75, 3.05) is 7.11 Å². The van der Waals surface area contributed by atoms with Crippen LogP contribution in [0.2, 0.25) is 0 Å². The maximum Gasteiger partial charge on any atom is 0.324 e. The highest BCUT2D eigenvalue weighted by Crippen LogP contribution is 2.29. The standard InChI is InChI=1S/C20H21NO5S/c1-15-11-13-17(14-12-15)27(23,24)21-18(20(22)25-2)9-6-10-19(21)26-16-7-4-3-5-8-16/h3-8,10-14,18-19H,9H2,1-2H3/t18-,19?/m0/s1. The van der Waals surface area contributed by atoms with Crippen LogP contribution in [0.1, 0.15) is 12.0 Å². The molecule has 7 heteroatoms. The number of rotatable bonds is 5. The molecular formula is C20H21NO5S. The first kappa shape index (κ1) is 19.1. The third-order valence-electron chi connectivity index (χ3n) is 4.29.